The Hall–Kier alpha value is -0.710. The molecule has 0 aromatic heterocycles. The highest BCUT2D eigenvalue weighted by Gasteiger charge is 2.50. The summed E-state index contributed by atoms with van der Waals surface area (Å²) in [6, 6.07) is 17.6. The Morgan fingerprint density at radius 3 is 2.07 bits per heavy atom. The zero-order valence-corrected chi connectivity index (χ0v) is 20.9. The molecule has 2 aliphatic heterocycles. The summed E-state index contributed by atoms with van der Waals surface area (Å²) in [5, 5.41) is 0. The number of rotatable bonds is 5. The highest BCUT2D eigenvalue weighted by molar-refractivity contribution is 14.1. The molecule has 0 amide bonds. The van der Waals surface area contributed by atoms with Gasteiger partial charge in [-0.2, -0.15) is 0 Å². The average Bonchev–Trinajstić information content (AvgIpc) is 2.96. The standard InChI is InChI=1S/C23H25I2NO3/c1-26-18-11-12-19(26)21(23(27)28-2)20(13-18)29-22(14-3-7-16(24)8-4-14)15-5-9-17(25)10-6-15/h3-10,18-22H,11-13H2,1-2H3/t18-,19+,20+,21+/m1/s1. The Morgan fingerprint density at radius 1 is 1.00 bits per heavy atom. The lowest BCUT2D eigenvalue weighted by Gasteiger charge is -2.42. The van der Waals surface area contributed by atoms with E-state index in [4.69, 9.17) is 9.47 Å². The van der Waals surface area contributed by atoms with Gasteiger partial charge in [-0.3, -0.25) is 9.69 Å². The molecule has 2 aliphatic rings. The van der Waals surface area contributed by atoms with Crippen molar-refractivity contribution in [3.05, 3.63) is 66.8 Å². The summed E-state index contributed by atoms with van der Waals surface area (Å²) in [5.74, 6) is -0.407. The number of esters is 1. The van der Waals surface area contributed by atoms with Crippen LogP contribution >= 0.6 is 45.2 Å². The molecule has 29 heavy (non-hydrogen) atoms. The molecule has 2 aromatic rings. The highest BCUT2D eigenvalue weighted by atomic mass is 127. The number of fused-ring (bicyclic) bond motifs is 2. The summed E-state index contributed by atoms with van der Waals surface area (Å²) in [6.07, 6.45) is 2.65. The van der Waals surface area contributed by atoms with Crippen molar-refractivity contribution in [1.29, 1.82) is 0 Å². The van der Waals surface area contributed by atoms with Gasteiger partial charge in [-0.1, -0.05) is 24.3 Å². The Bertz CT molecular complexity index is 810. The van der Waals surface area contributed by atoms with E-state index in [9.17, 15) is 4.79 Å². The van der Waals surface area contributed by atoms with E-state index in [-0.39, 0.29) is 30.1 Å². The number of benzene rings is 2. The second kappa shape index (κ2) is 9.20. The van der Waals surface area contributed by atoms with Crippen LogP contribution in [-0.2, 0) is 14.3 Å². The Kier molecular flexibility index (Phi) is 6.82. The number of hydrogen-bond donors (Lipinski definition) is 0. The van der Waals surface area contributed by atoms with Crippen LogP contribution in [0.4, 0.5) is 0 Å². The molecular weight excluding hydrogens is 592 g/mol. The van der Waals surface area contributed by atoms with Crippen molar-refractivity contribution in [1.82, 2.24) is 4.90 Å². The van der Waals surface area contributed by atoms with Crippen molar-refractivity contribution in [3.63, 3.8) is 0 Å². The lowest BCUT2D eigenvalue weighted by molar-refractivity contribution is -0.162. The molecule has 0 aliphatic carbocycles. The molecule has 0 saturated carbocycles. The van der Waals surface area contributed by atoms with Gasteiger partial charge in [0.2, 0.25) is 0 Å². The topological polar surface area (TPSA) is 38.8 Å². The van der Waals surface area contributed by atoms with Crippen molar-refractivity contribution in [3.8, 4) is 0 Å². The zero-order chi connectivity index (χ0) is 20.5. The first-order chi connectivity index (χ1) is 14.0. The van der Waals surface area contributed by atoms with Gasteiger partial charge in [0.1, 0.15) is 6.10 Å². The predicted octanol–water partition coefficient (Wildman–Crippen LogP) is 5.03. The van der Waals surface area contributed by atoms with Gasteiger partial charge >= 0.3 is 5.97 Å². The number of nitrogens with zero attached hydrogens (tertiary/aromatic N) is 1. The maximum absolute atomic E-state index is 12.7. The summed E-state index contributed by atoms with van der Waals surface area (Å²) >= 11 is 4.64. The highest BCUT2D eigenvalue weighted by Crippen LogP contribution is 2.42. The van der Waals surface area contributed by atoms with Gasteiger partial charge in [0, 0.05) is 19.2 Å². The van der Waals surface area contributed by atoms with E-state index in [2.05, 4.69) is 106 Å². The van der Waals surface area contributed by atoms with Crippen LogP contribution in [0.1, 0.15) is 36.5 Å². The van der Waals surface area contributed by atoms with Crippen LogP contribution in [0, 0.1) is 13.1 Å². The van der Waals surface area contributed by atoms with Crippen molar-refractivity contribution >= 4 is 51.2 Å². The quantitative estimate of drug-likeness (QED) is 0.349. The Morgan fingerprint density at radius 2 is 1.55 bits per heavy atom. The minimum absolute atomic E-state index is 0.153. The van der Waals surface area contributed by atoms with Gasteiger partial charge in [0.25, 0.3) is 0 Å². The van der Waals surface area contributed by atoms with E-state index in [1.807, 2.05) is 0 Å². The number of hydrogen-bond acceptors (Lipinski definition) is 4. The molecule has 154 valence electrons. The minimum atomic E-state index is -0.251. The summed E-state index contributed by atoms with van der Waals surface area (Å²) in [7, 11) is 3.61. The molecule has 0 spiro atoms. The van der Waals surface area contributed by atoms with Crippen molar-refractivity contribution in [2.45, 2.75) is 43.6 Å². The summed E-state index contributed by atoms with van der Waals surface area (Å²) < 4.78 is 14.4. The van der Waals surface area contributed by atoms with Crippen LogP contribution in [0.5, 0.6) is 0 Å². The maximum atomic E-state index is 12.7. The normalized spacial score (nSPS) is 26.7. The fourth-order valence-electron chi connectivity index (χ4n) is 4.81. The van der Waals surface area contributed by atoms with Crippen molar-refractivity contribution in [2.24, 2.45) is 5.92 Å². The number of halogens is 2. The first-order valence-corrected chi connectivity index (χ1v) is 12.1. The van der Waals surface area contributed by atoms with Crippen LogP contribution in [0.3, 0.4) is 0 Å². The third-order valence-corrected chi connectivity index (χ3v) is 7.78. The second-order valence-electron chi connectivity index (χ2n) is 7.91. The van der Waals surface area contributed by atoms with Gasteiger partial charge in [0.15, 0.2) is 0 Å². The molecule has 4 nitrogen and oxygen atoms in total. The number of carbonyl (C=O) groups is 1. The molecule has 2 fully saturated rings. The van der Waals surface area contributed by atoms with E-state index in [1.165, 1.54) is 14.3 Å². The molecule has 0 radical (unpaired) electrons. The van der Waals surface area contributed by atoms with E-state index >= 15 is 0 Å². The van der Waals surface area contributed by atoms with Gasteiger partial charge in [-0.05, 0) is 107 Å². The monoisotopic (exact) mass is 617 g/mol. The first kappa shape index (κ1) is 21.5. The molecule has 2 aromatic carbocycles. The molecule has 2 saturated heterocycles. The van der Waals surface area contributed by atoms with E-state index < -0.39 is 0 Å². The molecule has 4 rings (SSSR count). The molecule has 2 bridgehead atoms. The van der Waals surface area contributed by atoms with Gasteiger partial charge < -0.3 is 9.47 Å². The van der Waals surface area contributed by atoms with Gasteiger partial charge in [-0.15, -0.1) is 0 Å². The van der Waals surface area contributed by atoms with Crippen molar-refractivity contribution in [2.75, 3.05) is 14.2 Å². The van der Waals surface area contributed by atoms with Gasteiger partial charge in [0.05, 0.1) is 19.1 Å². The largest absolute Gasteiger partial charge is 0.469 e. The molecular formula is C23H25I2NO3. The smallest absolute Gasteiger partial charge is 0.312 e. The average molecular weight is 617 g/mol. The number of carbonyl (C=O) groups excluding carboxylic acids is 1. The van der Waals surface area contributed by atoms with Crippen molar-refractivity contribution < 1.29 is 14.3 Å². The zero-order valence-electron chi connectivity index (χ0n) is 16.6. The van der Waals surface area contributed by atoms with E-state index in [0.29, 0.717) is 6.04 Å². The number of piperidine rings is 1. The lowest BCUT2D eigenvalue weighted by Crippen LogP contribution is -2.53. The lowest BCUT2D eigenvalue weighted by atomic mass is 9.87. The van der Waals surface area contributed by atoms with Crippen LogP contribution in [0.15, 0.2) is 48.5 Å². The SMILES string of the molecule is COC(=O)[C@@H]1[C@@H](OC(c2ccc(I)cc2)c2ccc(I)cc2)C[C@H]2CC[C@@H]1N2C. The van der Waals surface area contributed by atoms with Crippen LogP contribution in [-0.4, -0.2) is 43.2 Å². The second-order valence-corrected chi connectivity index (χ2v) is 10.4. The molecule has 0 N–H and O–H groups in total. The number of methoxy groups -OCH3 is 1. The minimum Gasteiger partial charge on any atom is -0.469 e. The summed E-state index contributed by atoms with van der Waals surface area (Å²) in [6.45, 7) is 0. The molecule has 4 atom stereocenters. The van der Waals surface area contributed by atoms with Crippen LogP contribution in [0.25, 0.3) is 0 Å². The fraction of sp³-hybridized carbons (Fsp3) is 0.435. The summed E-state index contributed by atoms with van der Waals surface area (Å²) in [5.41, 5.74) is 2.23. The first-order valence-electron chi connectivity index (χ1n) is 9.94. The van der Waals surface area contributed by atoms with Crippen LogP contribution in [0.2, 0.25) is 0 Å². The third-order valence-electron chi connectivity index (χ3n) is 6.34. The Balaban J connectivity index is 1.68. The number of ether oxygens (including phenoxy) is 2. The summed E-state index contributed by atoms with van der Waals surface area (Å²) in [4.78, 5) is 15.1. The molecule has 2 heterocycles. The van der Waals surface area contributed by atoms with Crippen LogP contribution < -0.4 is 0 Å². The third kappa shape index (κ3) is 4.50. The fourth-order valence-corrected chi connectivity index (χ4v) is 5.52. The van der Waals surface area contributed by atoms with Gasteiger partial charge in [-0.25, -0.2) is 0 Å². The molecule has 0 unspecified atom stereocenters. The van der Waals surface area contributed by atoms with E-state index in [1.54, 1.807) is 0 Å². The Labute approximate surface area is 199 Å². The predicted molar refractivity (Wildman–Crippen MR) is 130 cm³/mol. The molecule has 6 heteroatoms. The van der Waals surface area contributed by atoms with E-state index in [0.717, 1.165) is 30.4 Å². The maximum Gasteiger partial charge on any atom is 0.312 e.